The fourth-order valence-corrected chi connectivity index (χ4v) is 4.46. The van der Waals surface area contributed by atoms with Crippen molar-refractivity contribution in [1.82, 2.24) is 9.80 Å². The van der Waals surface area contributed by atoms with Crippen LogP contribution in [0.5, 0.6) is 0 Å². The number of amides is 2. The molecule has 0 spiro atoms. The van der Waals surface area contributed by atoms with E-state index in [1.165, 1.54) is 24.1 Å². The lowest BCUT2D eigenvalue weighted by atomic mass is 9.80. The minimum atomic E-state index is -5.01. The number of carbonyl (C=O) groups is 2. The number of halogens is 6. The van der Waals surface area contributed by atoms with E-state index in [4.69, 9.17) is 0 Å². The van der Waals surface area contributed by atoms with Crippen molar-refractivity contribution in [2.24, 2.45) is 5.92 Å². The monoisotopic (exact) mass is 488 g/mol. The summed E-state index contributed by atoms with van der Waals surface area (Å²) in [5.41, 5.74) is -2.52. The van der Waals surface area contributed by atoms with Crippen molar-refractivity contribution in [1.29, 1.82) is 0 Å². The molecule has 184 valence electrons. The Morgan fingerprint density at radius 1 is 1.09 bits per heavy atom. The van der Waals surface area contributed by atoms with Crippen molar-refractivity contribution in [2.75, 3.05) is 0 Å². The molecule has 5 nitrogen and oxygen atoms in total. The van der Waals surface area contributed by atoms with Crippen LogP contribution in [0.25, 0.3) is 0 Å². The van der Waals surface area contributed by atoms with Crippen molar-refractivity contribution >= 4 is 12.0 Å². The summed E-state index contributed by atoms with van der Waals surface area (Å²) in [6.07, 6.45) is -3.16. The molecular formula is C23H22F6N2O3. The van der Waals surface area contributed by atoms with Crippen LogP contribution in [0.2, 0.25) is 0 Å². The maximum absolute atomic E-state index is 13.3. The van der Waals surface area contributed by atoms with Crippen LogP contribution in [0.3, 0.4) is 0 Å². The lowest BCUT2D eigenvalue weighted by Gasteiger charge is -2.41. The first kappa shape index (κ1) is 25.4. The van der Waals surface area contributed by atoms with Gasteiger partial charge in [-0.05, 0) is 37.1 Å². The number of allylic oxidation sites excluding steroid dienone is 2. The van der Waals surface area contributed by atoms with Gasteiger partial charge in [-0.15, -0.1) is 0 Å². The van der Waals surface area contributed by atoms with Crippen molar-refractivity contribution in [3.63, 3.8) is 0 Å². The van der Waals surface area contributed by atoms with Gasteiger partial charge in [-0.1, -0.05) is 29.9 Å². The molecule has 1 aromatic carbocycles. The Hall–Kier alpha value is -3.24. The predicted molar refractivity (Wildman–Crippen MR) is 110 cm³/mol. The zero-order valence-electron chi connectivity index (χ0n) is 18.2. The Morgan fingerprint density at radius 3 is 2.18 bits per heavy atom. The number of nitrogens with zero attached hydrogens (tertiary/aromatic N) is 2. The molecule has 11 heteroatoms. The fraction of sp³-hybridized carbons (Fsp3) is 0.391. The second-order valence-electron chi connectivity index (χ2n) is 8.25. The quantitative estimate of drug-likeness (QED) is 0.544. The molecule has 0 saturated heterocycles. The van der Waals surface area contributed by atoms with Crippen LogP contribution in [0.15, 0.2) is 54.3 Å². The van der Waals surface area contributed by atoms with Gasteiger partial charge in [-0.25, -0.2) is 4.79 Å². The van der Waals surface area contributed by atoms with Gasteiger partial charge in [0.05, 0.1) is 17.2 Å². The van der Waals surface area contributed by atoms with Gasteiger partial charge in [0.25, 0.3) is 0 Å². The molecule has 0 bridgehead atoms. The minimum Gasteiger partial charge on any atom is -0.465 e. The molecule has 1 aliphatic carbocycles. The molecule has 2 aliphatic rings. The Morgan fingerprint density at radius 2 is 1.68 bits per heavy atom. The number of carbonyl (C=O) groups excluding carboxylic acids is 1. The highest BCUT2D eigenvalue weighted by Gasteiger charge is 2.41. The van der Waals surface area contributed by atoms with Crippen molar-refractivity contribution in [3.8, 4) is 0 Å². The van der Waals surface area contributed by atoms with E-state index in [-0.39, 0.29) is 18.1 Å². The van der Waals surface area contributed by atoms with Gasteiger partial charge in [0.1, 0.15) is 0 Å². The third-order valence-electron chi connectivity index (χ3n) is 5.97. The first-order valence-corrected chi connectivity index (χ1v) is 10.3. The Bertz CT molecular complexity index is 1030. The third kappa shape index (κ3) is 5.28. The summed E-state index contributed by atoms with van der Waals surface area (Å²) in [6, 6.07) is -0.159. The molecule has 0 fully saturated rings. The lowest BCUT2D eigenvalue weighted by Crippen LogP contribution is -2.50. The van der Waals surface area contributed by atoms with Crippen LogP contribution in [0.1, 0.15) is 37.0 Å². The largest absolute Gasteiger partial charge is 0.465 e. The molecule has 3 unspecified atom stereocenters. The van der Waals surface area contributed by atoms with Crippen LogP contribution >= 0.6 is 0 Å². The van der Waals surface area contributed by atoms with Crippen LogP contribution in [0, 0.1) is 5.92 Å². The molecule has 3 rings (SSSR count). The highest BCUT2D eigenvalue weighted by Crippen LogP contribution is 2.38. The van der Waals surface area contributed by atoms with E-state index in [1.807, 2.05) is 0 Å². The molecule has 1 heterocycles. The molecule has 1 N–H and O–H groups in total. The Labute approximate surface area is 191 Å². The van der Waals surface area contributed by atoms with E-state index in [1.54, 1.807) is 25.2 Å². The molecule has 1 aromatic rings. The molecule has 0 radical (unpaired) electrons. The number of carboxylic acid groups (broad SMARTS) is 1. The Kier molecular flexibility index (Phi) is 6.86. The van der Waals surface area contributed by atoms with E-state index in [0.717, 1.165) is 10.5 Å². The van der Waals surface area contributed by atoms with Crippen molar-refractivity contribution in [3.05, 3.63) is 71.0 Å². The van der Waals surface area contributed by atoms with Crippen LogP contribution in [-0.2, 0) is 23.7 Å². The summed E-state index contributed by atoms with van der Waals surface area (Å²) in [7, 11) is 0. The number of hydrogen-bond donors (Lipinski definition) is 1. The van der Waals surface area contributed by atoms with E-state index in [2.05, 4.69) is 0 Å². The average molecular weight is 488 g/mol. The second-order valence-corrected chi connectivity index (χ2v) is 8.25. The summed E-state index contributed by atoms with van der Waals surface area (Å²) in [4.78, 5) is 26.7. The topological polar surface area (TPSA) is 60.9 Å². The first-order valence-electron chi connectivity index (χ1n) is 10.3. The average Bonchev–Trinajstić information content (AvgIpc) is 2.91. The van der Waals surface area contributed by atoms with Crippen LogP contribution < -0.4 is 0 Å². The summed E-state index contributed by atoms with van der Waals surface area (Å²) < 4.78 is 79.8. The van der Waals surface area contributed by atoms with Gasteiger partial charge in [-0.2, -0.15) is 26.3 Å². The van der Waals surface area contributed by atoms with Gasteiger partial charge in [0.2, 0.25) is 5.91 Å². The molecule has 0 saturated carbocycles. The molecule has 1 aliphatic heterocycles. The normalized spacial score (nSPS) is 22.6. The zero-order chi connectivity index (χ0) is 25.4. The summed E-state index contributed by atoms with van der Waals surface area (Å²) in [5, 5.41) is 9.60. The van der Waals surface area contributed by atoms with E-state index >= 15 is 0 Å². The van der Waals surface area contributed by atoms with Crippen molar-refractivity contribution < 1.29 is 41.0 Å². The predicted octanol–water partition coefficient (Wildman–Crippen LogP) is 5.84. The summed E-state index contributed by atoms with van der Waals surface area (Å²) in [5.74, 6) is -1.11. The molecule has 2 amide bonds. The van der Waals surface area contributed by atoms with E-state index in [9.17, 15) is 41.0 Å². The molecule has 3 atom stereocenters. The zero-order valence-corrected chi connectivity index (χ0v) is 18.2. The van der Waals surface area contributed by atoms with Gasteiger partial charge in [-0.3, -0.25) is 9.69 Å². The van der Waals surface area contributed by atoms with Gasteiger partial charge >= 0.3 is 18.4 Å². The number of hydrogen-bond acceptors (Lipinski definition) is 2. The number of alkyl halides is 6. The third-order valence-corrected chi connectivity index (χ3v) is 5.97. The lowest BCUT2D eigenvalue weighted by molar-refractivity contribution is -0.143. The molecule has 34 heavy (non-hydrogen) atoms. The summed E-state index contributed by atoms with van der Waals surface area (Å²) in [6.45, 7) is 2.41. The SMILES string of the molecule is CC(=O)N(Cc1cc(C(F)(F)F)cc(C(F)(F)F)c1)C1CC=CN(C(=O)O)C2C=CC=C(C)C21. The van der Waals surface area contributed by atoms with Gasteiger partial charge < -0.3 is 10.0 Å². The highest BCUT2D eigenvalue weighted by atomic mass is 19.4. The standard InChI is InChI=1S/C23H22F6N2O3/c1-13-5-3-6-18-20(13)19(7-4-8-30(18)21(33)34)31(14(2)32)12-15-9-16(22(24,25)26)11-17(10-15)23(27,28)29/h3-6,8-11,18-20H,7,12H2,1-2H3,(H,33,34). The first-order chi connectivity index (χ1) is 15.7. The van der Waals surface area contributed by atoms with Crippen LogP contribution in [-0.4, -0.2) is 39.0 Å². The minimum absolute atomic E-state index is 0.0373. The number of rotatable bonds is 3. The molecule has 0 aromatic heterocycles. The van der Waals surface area contributed by atoms with Gasteiger partial charge in [0, 0.05) is 31.6 Å². The Balaban J connectivity index is 2.05. The fourth-order valence-electron chi connectivity index (χ4n) is 4.46. The van der Waals surface area contributed by atoms with Crippen molar-refractivity contribution in [2.45, 2.75) is 51.2 Å². The number of benzene rings is 1. The smallest absolute Gasteiger partial charge is 0.416 e. The second kappa shape index (κ2) is 9.19. The van der Waals surface area contributed by atoms with Gasteiger partial charge in [0.15, 0.2) is 0 Å². The molecular weight excluding hydrogens is 466 g/mol. The van der Waals surface area contributed by atoms with Crippen LogP contribution in [0.4, 0.5) is 31.1 Å². The van der Waals surface area contributed by atoms with E-state index in [0.29, 0.717) is 12.1 Å². The van der Waals surface area contributed by atoms with E-state index < -0.39 is 60.0 Å². The maximum Gasteiger partial charge on any atom is 0.416 e. The highest BCUT2D eigenvalue weighted by molar-refractivity contribution is 5.74. The maximum atomic E-state index is 13.3. The number of fused-ring (bicyclic) bond motifs is 1. The summed E-state index contributed by atoms with van der Waals surface area (Å²) >= 11 is 0.